The molecule has 2 aliphatic rings. The van der Waals surface area contributed by atoms with Gasteiger partial charge in [0.05, 0.1) is 16.9 Å². The Morgan fingerprint density at radius 2 is 1.86 bits per heavy atom. The van der Waals surface area contributed by atoms with Gasteiger partial charge in [-0.1, -0.05) is 63.4 Å². The molecule has 0 radical (unpaired) electrons. The molecule has 7 nitrogen and oxygen atoms in total. The van der Waals surface area contributed by atoms with Crippen molar-refractivity contribution in [3.63, 3.8) is 0 Å². The maximum Gasteiger partial charge on any atom is 0.332 e. The van der Waals surface area contributed by atoms with Crippen LogP contribution >= 0.6 is 0 Å². The molecule has 0 aliphatic carbocycles. The van der Waals surface area contributed by atoms with Gasteiger partial charge in [-0.15, -0.1) is 0 Å². The number of nitrogens with zero attached hydrogens (tertiary/aromatic N) is 2. The summed E-state index contributed by atoms with van der Waals surface area (Å²) >= 11 is 0. The predicted molar refractivity (Wildman–Crippen MR) is 141 cm³/mol. The van der Waals surface area contributed by atoms with Crippen LogP contribution in [0, 0.1) is 5.92 Å². The first kappa shape index (κ1) is 24.1. The van der Waals surface area contributed by atoms with Gasteiger partial charge in [-0.2, -0.15) is 0 Å². The first-order valence-electron chi connectivity index (χ1n) is 13.0. The lowest BCUT2D eigenvalue weighted by Crippen LogP contribution is -2.49. The molecule has 7 heteroatoms. The largest absolute Gasteiger partial charge is 0.356 e. The van der Waals surface area contributed by atoms with Gasteiger partial charge in [0.25, 0.3) is 11.8 Å². The van der Waals surface area contributed by atoms with Crippen molar-refractivity contribution in [1.82, 2.24) is 15.2 Å². The van der Waals surface area contributed by atoms with Crippen LogP contribution in [0.4, 0.5) is 10.5 Å². The van der Waals surface area contributed by atoms with E-state index in [-0.39, 0.29) is 17.8 Å². The summed E-state index contributed by atoms with van der Waals surface area (Å²) in [5, 5.41) is 4.13. The fraction of sp³-hybridized carbons (Fsp3) is 0.414. The first-order valence-corrected chi connectivity index (χ1v) is 13.0. The zero-order valence-corrected chi connectivity index (χ0v) is 21.3. The van der Waals surface area contributed by atoms with Crippen molar-refractivity contribution >= 4 is 34.4 Å². The average molecular weight is 487 g/mol. The number of fused-ring (bicyclic) bond motifs is 5. The topological polar surface area (TPSA) is 85.5 Å². The van der Waals surface area contributed by atoms with Crippen LogP contribution in [0.5, 0.6) is 0 Å². The van der Waals surface area contributed by atoms with Crippen molar-refractivity contribution in [2.75, 3.05) is 18.0 Å². The lowest BCUT2D eigenvalue weighted by atomic mass is 9.87. The highest BCUT2D eigenvalue weighted by Crippen LogP contribution is 2.45. The van der Waals surface area contributed by atoms with Gasteiger partial charge >= 0.3 is 6.03 Å². The zero-order valence-electron chi connectivity index (χ0n) is 21.3. The Hall–Kier alpha value is -3.61. The van der Waals surface area contributed by atoms with E-state index >= 15 is 0 Å². The Kier molecular flexibility index (Phi) is 6.33. The number of anilines is 1. The van der Waals surface area contributed by atoms with E-state index in [1.807, 2.05) is 31.2 Å². The van der Waals surface area contributed by atoms with E-state index in [2.05, 4.69) is 24.1 Å². The standard InChI is InChI=1S/C29H34N4O3/c1-4-6-11-19(5-2)18-30-26(34)22-13-8-10-15-24(22)33-27(35)29(3)25-21(16-17-32(29)28(33)36)20-12-7-9-14-23(20)31-25/h7-10,12-15,19,31H,4-6,11,16-18H2,1-3H3,(H,30,34)/t19?,29-/m0/s1. The Balaban J connectivity index is 1.47. The molecule has 3 heterocycles. The number of H-pyrrole nitrogens is 1. The molecule has 0 saturated carbocycles. The molecule has 1 saturated heterocycles. The number of amides is 4. The van der Waals surface area contributed by atoms with Crippen LogP contribution in [-0.4, -0.2) is 40.8 Å². The molecule has 0 spiro atoms. The number of unbranched alkanes of at least 4 members (excludes halogenated alkanes) is 1. The summed E-state index contributed by atoms with van der Waals surface area (Å²) in [5.74, 6) is -0.193. The molecule has 36 heavy (non-hydrogen) atoms. The third-order valence-electron chi connectivity index (χ3n) is 7.95. The molecule has 1 aromatic heterocycles. The second-order valence-corrected chi connectivity index (χ2v) is 10.1. The number of hydrogen-bond acceptors (Lipinski definition) is 3. The highest BCUT2D eigenvalue weighted by atomic mass is 16.2. The monoisotopic (exact) mass is 486 g/mol. The molecule has 3 aromatic rings. The van der Waals surface area contributed by atoms with E-state index in [1.54, 1.807) is 29.2 Å². The molecular weight excluding hydrogens is 452 g/mol. The van der Waals surface area contributed by atoms with Crippen molar-refractivity contribution < 1.29 is 14.4 Å². The van der Waals surface area contributed by atoms with Crippen molar-refractivity contribution in [1.29, 1.82) is 0 Å². The number of aromatic nitrogens is 1. The summed E-state index contributed by atoms with van der Waals surface area (Å²) in [6.07, 6.45) is 4.98. The van der Waals surface area contributed by atoms with Gasteiger partial charge in [0.2, 0.25) is 0 Å². The second kappa shape index (κ2) is 9.45. The molecule has 1 fully saturated rings. The predicted octanol–water partition coefficient (Wildman–Crippen LogP) is 5.35. The second-order valence-electron chi connectivity index (χ2n) is 10.1. The minimum absolute atomic E-state index is 0.262. The van der Waals surface area contributed by atoms with E-state index in [0.717, 1.165) is 47.8 Å². The number of imide groups is 1. The number of hydrogen-bond donors (Lipinski definition) is 2. The highest BCUT2D eigenvalue weighted by molar-refractivity contribution is 6.25. The van der Waals surface area contributed by atoms with Crippen LogP contribution in [0.2, 0.25) is 0 Å². The number of carbonyl (C=O) groups excluding carboxylic acids is 3. The molecule has 2 atom stereocenters. The number of nitrogens with one attached hydrogen (secondary N) is 2. The third-order valence-corrected chi connectivity index (χ3v) is 7.95. The third kappa shape index (κ3) is 3.69. The average Bonchev–Trinajstić information content (AvgIpc) is 3.37. The summed E-state index contributed by atoms with van der Waals surface area (Å²) in [6, 6.07) is 14.5. The summed E-state index contributed by atoms with van der Waals surface area (Å²) in [4.78, 5) is 47.2. The van der Waals surface area contributed by atoms with Crippen LogP contribution in [0.3, 0.4) is 0 Å². The molecule has 4 amide bonds. The van der Waals surface area contributed by atoms with Crippen molar-refractivity contribution in [2.24, 2.45) is 5.92 Å². The van der Waals surface area contributed by atoms with Crippen LogP contribution < -0.4 is 10.2 Å². The Morgan fingerprint density at radius 3 is 2.64 bits per heavy atom. The van der Waals surface area contributed by atoms with Crippen molar-refractivity contribution in [3.8, 4) is 0 Å². The fourth-order valence-electron chi connectivity index (χ4n) is 5.74. The smallest absolute Gasteiger partial charge is 0.332 e. The summed E-state index contributed by atoms with van der Waals surface area (Å²) in [6.45, 7) is 7.13. The first-order chi connectivity index (χ1) is 17.4. The lowest BCUT2D eigenvalue weighted by Gasteiger charge is -2.35. The van der Waals surface area contributed by atoms with Gasteiger partial charge in [-0.05, 0) is 49.4 Å². The summed E-state index contributed by atoms with van der Waals surface area (Å²) in [7, 11) is 0. The minimum atomic E-state index is -1.15. The van der Waals surface area contributed by atoms with E-state index in [0.29, 0.717) is 36.7 Å². The fourth-order valence-corrected chi connectivity index (χ4v) is 5.74. The Bertz CT molecular complexity index is 1330. The number of rotatable bonds is 8. The van der Waals surface area contributed by atoms with Crippen LogP contribution in [0.15, 0.2) is 48.5 Å². The van der Waals surface area contributed by atoms with E-state index in [1.165, 1.54) is 4.90 Å². The Labute approximate surface area is 211 Å². The van der Waals surface area contributed by atoms with Gasteiger partial charge in [-0.25, -0.2) is 9.69 Å². The van der Waals surface area contributed by atoms with E-state index < -0.39 is 5.54 Å². The summed E-state index contributed by atoms with van der Waals surface area (Å²) in [5.41, 5.74) is 2.32. The van der Waals surface area contributed by atoms with Crippen LogP contribution in [-0.2, 0) is 16.8 Å². The number of aromatic amines is 1. The van der Waals surface area contributed by atoms with Crippen LogP contribution in [0.1, 0.15) is 68.1 Å². The van der Waals surface area contributed by atoms with Gasteiger partial charge in [0.1, 0.15) is 0 Å². The minimum Gasteiger partial charge on any atom is -0.356 e. The SMILES string of the molecule is CCCCC(CC)CNC(=O)c1ccccc1N1C(=O)N2CCc3c([nH]c4ccccc34)[C@@]2(C)C1=O. The molecule has 5 rings (SSSR count). The maximum atomic E-state index is 14.0. The Morgan fingerprint density at radius 1 is 1.11 bits per heavy atom. The quantitative estimate of drug-likeness (QED) is 0.421. The van der Waals surface area contributed by atoms with Gasteiger partial charge < -0.3 is 15.2 Å². The van der Waals surface area contributed by atoms with Crippen molar-refractivity contribution in [2.45, 2.75) is 58.4 Å². The van der Waals surface area contributed by atoms with Gasteiger partial charge in [-0.3, -0.25) is 9.59 Å². The molecule has 188 valence electrons. The normalized spacial score (nSPS) is 20.0. The van der Waals surface area contributed by atoms with E-state index in [4.69, 9.17) is 0 Å². The van der Waals surface area contributed by atoms with Crippen LogP contribution in [0.25, 0.3) is 10.9 Å². The zero-order chi connectivity index (χ0) is 25.4. The number of carbonyl (C=O) groups is 3. The molecule has 2 N–H and O–H groups in total. The van der Waals surface area contributed by atoms with Crippen molar-refractivity contribution in [3.05, 3.63) is 65.4 Å². The maximum absolute atomic E-state index is 14.0. The molecular formula is C29H34N4O3. The summed E-state index contributed by atoms with van der Waals surface area (Å²) < 4.78 is 0. The molecule has 2 aromatic carbocycles. The molecule has 0 bridgehead atoms. The van der Waals surface area contributed by atoms with Gasteiger partial charge in [0.15, 0.2) is 5.54 Å². The van der Waals surface area contributed by atoms with E-state index in [9.17, 15) is 14.4 Å². The molecule has 1 unspecified atom stereocenters. The highest BCUT2D eigenvalue weighted by Gasteiger charge is 2.59. The number of urea groups is 1. The lowest BCUT2D eigenvalue weighted by molar-refractivity contribution is -0.125. The number of benzene rings is 2. The van der Waals surface area contributed by atoms with Gasteiger partial charge in [0, 0.05) is 24.0 Å². The number of para-hydroxylation sites is 2. The molecule has 2 aliphatic heterocycles.